The maximum absolute atomic E-state index is 12.6. The third kappa shape index (κ3) is 6.24. The first-order valence-corrected chi connectivity index (χ1v) is 13.9. The SMILES string of the molecule is CC(C(=O)NCCOc1ccc(S(=O)(=O)N2CCCC2)cc1)N(c1ccccc1)S(C)(=O)=O. The van der Waals surface area contributed by atoms with Gasteiger partial charge < -0.3 is 10.1 Å². The standard InChI is InChI=1S/C22H29N3O6S2/c1-18(25(32(2,27)28)19-8-4-3-5-9-19)22(26)23-14-17-31-20-10-12-21(13-11-20)33(29,30)24-15-6-7-16-24/h3-5,8-13,18H,6-7,14-17H2,1-2H3,(H,23,26). The number of amides is 1. The van der Waals surface area contributed by atoms with Crippen molar-refractivity contribution in [3.8, 4) is 5.75 Å². The monoisotopic (exact) mass is 495 g/mol. The van der Waals surface area contributed by atoms with Gasteiger partial charge in [0.2, 0.25) is 26.0 Å². The summed E-state index contributed by atoms with van der Waals surface area (Å²) >= 11 is 0. The van der Waals surface area contributed by atoms with E-state index in [4.69, 9.17) is 4.74 Å². The van der Waals surface area contributed by atoms with E-state index in [-0.39, 0.29) is 18.0 Å². The third-order valence-corrected chi connectivity index (χ3v) is 8.45. The Labute approximate surface area is 195 Å². The minimum Gasteiger partial charge on any atom is -0.492 e. The number of sulfonamides is 2. The van der Waals surface area contributed by atoms with Crippen LogP contribution in [0.15, 0.2) is 59.5 Å². The van der Waals surface area contributed by atoms with Gasteiger partial charge in [-0.15, -0.1) is 0 Å². The first-order chi connectivity index (χ1) is 15.6. The smallest absolute Gasteiger partial charge is 0.243 e. The van der Waals surface area contributed by atoms with E-state index in [1.807, 2.05) is 0 Å². The molecule has 0 aliphatic carbocycles. The Kier molecular flexibility index (Phi) is 7.98. The van der Waals surface area contributed by atoms with Crippen molar-refractivity contribution in [1.82, 2.24) is 9.62 Å². The number of anilines is 1. The zero-order chi connectivity index (χ0) is 24.1. The second-order valence-electron chi connectivity index (χ2n) is 7.79. The van der Waals surface area contributed by atoms with Crippen molar-refractivity contribution in [2.24, 2.45) is 0 Å². The van der Waals surface area contributed by atoms with Gasteiger partial charge in [0.05, 0.1) is 23.4 Å². The minimum atomic E-state index is -3.67. The second kappa shape index (κ2) is 10.5. The van der Waals surface area contributed by atoms with Crippen molar-refractivity contribution in [3.05, 3.63) is 54.6 Å². The fourth-order valence-electron chi connectivity index (χ4n) is 3.66. The molecule has 0 spiro atoms. The van der Waals surface area contributed by atoms with Gasteiger partial charge in [-0.2, -0.15) is 4.31 Å². The number of rotatable bonds is 10. The Morgan fingerprint density at radius 1 is 1.03 bits per heavy atom. The molecule has 1 fully saturated rings. The number of ether oxygens (including phenoxy) is 1. The molecule has 1 aliphatic rings. The summed E-state index contributed by atoms with van der Waals surface area (Å²) in [6.45, 7) is 2.90. The van der Waals surface area contributed by atoms with Gasteiger partial charge in [0.15, 0.2) is 0 Å². The highest BCUT2D eigenvalue weighted by Gasteiger charge is 2.29. The molecule has 1 amide bonds. The van der Waals surface area contributed by atoms with Crippen molar-refractivity contribution >= 4 is 31.6 Å². The molecule has 0 saturated carbocycles. The lowest BCUT2D eigenvalue weighted by molar-refractivity contribution is -0.121. The van der Waals surface area contributed by atoms with Gasteiger partial charge in [-0.3, -0.25) is 9.10 Å². The fraction of sp³-hybridized carbons (Fsp3) is 0.409. The van der Waals surface area contributed by atoms with Crippen LogP contribution >= 0.6 is 0 Å². The topological polar surface area (TPSA) is 113 Å². The van der Waals surface area contributed by atoms with Crippen molar-refractivity contribution in [2.75, 3.05) is 36.8 Å². The van der Waals surface area contributed by atoms with Crippen LogP contribution in [0, 0.1) is 0 Å². The van der Waals surface area contributed by atoms with Crippen molar-refractivity contribution in [2.45, 2.75) is 30.7 Å². The van der Waals surface area contributed by atoms with E-state index >= 15 is 0 Å². The predicted molar refractivity (Wildman–Crippen MR) is 126 cm³/mol. The van der Waals surface area contributed by atoms with Crippen molar-refractivity contribution in [3.63, 3.8) is 0 Å². The van der Waals surface area contributed by atoms with Crippen LogP contribution in [0.1, 0.15) is 19.8 Å². The molecule has 3 rings (SSSR count). The highest BCUT2D eigenvalue weighted by Crippen LogP contribution is 2.23. The van der Waals surface area contributed by atoms with E-state index in [1.165, 1.54) is 23.4 Å². The summed E-state index contributed by atoms with van der Waals surface area (Å²) in [7, 11) is -7.15. The van der Waals surface area contributed by atoms with Crippen LogP contribution in [-0.4, -0.2) is 65.6 Å². The van der Waals surface area contributed by atoms with Crippen molar-refractivity contribution < 1.29 is 26.4 Å². The summed E-state index contributed by atoms with van der Waals surface area (Å²) < 4.78 is 57.8. The summed E-state index contributed by atoms with van der Waals surface area (Å²) in [4.78, 5) is 12.8. The van der Waals surface area contributed by atoms with Crippen molar-refractivity contribution in [1.29, 1.82) is 0 Å². The van der Waals surface area contributed by atoms with E-state index in [0.717, 1.165) is 23.4 Å². The zero-order valence-electron chi connectivity index (χ0n) is 18.7. The lowest BCUT2D eigenvalue weighted by Gasteiger charge is -2.28. The largest absolute Gasteiger partial charge is 0.492 e. The Morgan fingerprint density at radius 2 is 1.64 bits per heavy atom. The van der Waals surface area contributed by atoms with Crippen LogP contribution in [0.2, 0.25) is 0 Å². The molecule has 1 heterocycles. The number of nitrogens with one attached hydrogen (secondary N) is 1. The number of nitrogens with zero attached hydrogens (tertiary/aromatic N) is 2. The molecule has 33 heavy (non-hydrogen) atoms. The first-order valence-electron chi connectivity index (χ1n) is 10.7. The number of hydrogen-bond donors (Lipinski definition) is 1. The lowest BCUT2D eigenvalue weighted by atomic mass is 10.2. The number of benzene rings is 2. The molecule has 1 saturated heterocycles. The summed E-state index contributed by atoms with van der Waals surface area (Å²) in [6.07, 6.45) is 2.80. The molecular formula is C22H29N3O6S2. The van der Waals surface area contributed by atoms with Gasteiger partial charge in [-0.1, -0.05) is 18.2 Å². The van der Waals surface area contributed by atoms with Gasteiger partial charge in [-0.05, 0) is 56.2 Å². The highest BCUT2D eigenvalue weighted by molar-refractivity contribution is 7.92. The first kappa shape index (κ1) is 25.0. The number of carbonyl (C=O) groups excluding carboxylic acids is 1. The normalized spacial score (nSPS) is 15.7. The average molecular weight is 496 g/mol. The Hall–Kier alpha value is -2.63. The zero-order valence-corrected chi connectivity index (χ0v) is 20.3. The lowest BCUT2D eigenvalue weighted by Crippen LogP contribution is -2.48. The van der Waals surface area contributed by atoms with Gasteiger partial charge in [0.25, 0.3) is 0 Å². The van der Waals surface area contributed by atoms with Gasteiger partial charge >= 0.3 is 0 Å². The van der Waals surface area contributed by atoms with Crippen LogP contribution in [0.25, 0.3) is 0 Å². The van der Waals surface area contributed by atoms with E-state index in [2.05, 4.69) is 5.32 Å². The van der Waals surface area contributed by atoms with E-state index in [0.29, 0.717) is 24.5 Å². The van der Waals surface area contributed by atoms with E-state index in [1.54, 1.807) is 42.5 Å². The molecule has 11 heteroatoms. The molecule has 180 valence electrons. The number of hydrogen-bond acceptors (Lipinski definition) is 6. The molecule has 1 N–H and O–H groups in total. The van der Waals surface area contributed by atoms with Gasteiger partial charge in [0, 0.05) is 13.1 Å². The van der Waals surface area contributed by atoms with Crippen LogP contribution in [0.4, 0.5) is 5.69 Å². The van der Waals surface area contributed by atoms with E-state index in [9.17, 15) is 21.6 Å². The van der Waals surface area contributed by atoms with Gasteiger partial charge in [-0.25, -0.2) is 16.8 Å². The third-order valence-electron chi connectivity index (χ3n) is 5.30. The Morgan fingerprint density at radius 3 is 2.21 bits per heavy atom. The summed E-state index contributed by atoms with van der Waals surface area (Å²) in [5.41, 5.74) is 0.405. The second-order valence-corrected chi connectivity index (χ2v) is 11.6. The molecule has 1 unspecified atom stereocenters. The highest BCUT2D eigenvalue weighted by atomic mass is 32.2. The molecule has 1 aliphatic heterocycles. The average Bonchev–Trinajstić information content (AvgIpc) is 3.33. The van der Waals surface area contributed by atoms with Crippen LogP contribution in [0.5, 0.6) is 5.75 Å². The molecule has 0 radical (unpaired) electrons. The maximum Gasteiger partial charge on any atom is 0.243 e. The summed E-state index contributed by atoms with van der Waals surface area (Å²) in [5.74, 6) is 0.0136. The molecule has 0 aromatic heterocycles. The predicted octanol–water partition coefficient (Wildman–Crippen LogP) is 1.82. The Bertz CT molecular complexity index is 1150. The minimum absolute atomic E-state index is 0.140. The molecule has 9 nitrogen and oxygen atoms in total. The summed E-state index contributed by atoms with van der Waals surface area (Å²) in [6, 6.07) is 13.6. The molecule has 2 aromatic carbocycles. The van der Waals surface area contributed by atoms with Crippen LogP contribution in [0.3, 0.4) is 0 Å². The fourth-order valence-corrected chi connectivity index (χ4v) is 6.35. The summed E-state index contributed by atoms with van der Waals surface area (Å²) in [5, 5.41) is 2.68. The van der Waals surface area contributed by atoms with Gasteiger partial charge in [0.1, 0.15) is 18.4 Å². The Balaban J connectivity index is 1.52. The van der Waals surface area contributed by atoms with E-state index < -0.39 is 32.0 Å². The maximum atomic E-state index is 12.6. The number of para-hydroxylation sites is 1. The molecular weight excluding hydrogens is 466 g/mol. The molecule has 1 atom stereocenters. The quantitative estimate of drug-likeness (QED) is 0.503. The van der Waals surface area contributed by atoms with Crippen LogP contribution in [-0.2, 0) is 24.8 Å². The number of carbonyl (C=O) groups is 1. The molecule has 0 bridgehead atoms. The van der Waals surface area contributed by atoms with Crippen LogP contribution < -0.4 is 14.4 Å². The molecule has 2 aromatic rings.